The van der Waals surface area contributed by atoms with Crippen molar-refractivity contribution >= 4 is 16.1 Å². The van der Waals surface area contributed by atoms with E-state index in [0.717, 1.165) is 5.56 Å². The van der Waals surface area contributed by atoms with Gasteiger partial charge in [-0.05, 0) is 48.6 Å². The Bertz CT molecular complexity index is 957. The van der Waals surface area contributed by atoms with E-state index in [9.17, 15) is 17.2 Å². The molecule has 1 aromatic carbocycles. The molecular formula is C17H19F2N3O4S. The molecular weight excluding hydrogens is 380 g/mol. The largest absolute Gasteiger partial charge is 0.435 e. The van der Waals surface area contributed by atoms with Gasteiger partial charge < -0.3 is 9.26 Å². The van der Waals surface area contributed by atoms with Crippen LogP contribution in [0.3, 0.4) is 0 Å². The van der Waals surface area contributed by atoms with Crippen LogP contribution in [0.15, 0.2) is 27.6 Å². The summed E-state index contributed by atoms with van der Waals surface area (Å²) in [4.78, 5) is 4.30. The highest BCUT2D eigenvalue weighted by Gasteiger charge is 2.27. The minimum Gasteiger partial charge on any atom is -0.435 e. The molecule has 0 aliphatic heterocycles. The number of benzene rings is 1. The second-order valence-electron chi connectivity index (χ2n) is 6.10. The summed E-state index contributed by atoms with van der Waals surface area (Å²) in [5, 5.41) is 3.78. The van der Waals surface area contributed by atoms with Crippen LogP contribution in [0.1, 0.15) is 48.6 Å². The van der Waals surface area contributed by atoms with Crippen LogP contribution in [0.25, 0.3) is 6.08 Å². The summed E-state index contributed by atoms with van der Waals surface area (Å²) in [7, 11) is -3.77. The maximum Gasteiger partial charge on any atom is 0.387 e. The SMILES string of the molecule is CC[C@@H](NS(=O)(=O)C1=Cc2ccc(OC(F)F)cc2CC1)c1noc(C)n1. The van der Waals surface area contributed by atoms with Crippen LogP contribution in [0, 0.1) is 6.92 Å². The lowest BCUT2D eigenvalue weighted by Crippen LogP contribution is -2.30. The van der Waals surface area contributed by atoms with E-state index in [4.69, 9.17) is 4.52 Å². The second-order valence-corrected chi connectivity index (χ2v) is 7.87. The molecule has 0 bridgehead atoms. The van der Waals surface area contributed by atoms with Crippen LogP contribution in [0.5, 0.6) is 5.75 Å². The zero-order chi connectivity index (χ0) is 19.6. The van der Waals surface area contributed by atoms with Crippen LogP contribution >= 0.6 is 0 Å². The maximum absolute atomic E-state index is 12.8. The molecule has 1 N–H and O–H groups in total. The molecule has 1 aromatic heterocycles. The Labute approximate surface area is 155 Å². The van der Waals surface area contributed by atoms with Crippen molar-refractivity contribution < 1.29 is 26.5 Å². The van der Waals surface area contributed by atoms with Crippen molar-refractivity contribution in [2.45, 2.75) is 45.8 Å². The van der Waals surface area contributed by atoms with Crippen molar-refractivity contribution in [3.8, 4) is 5.75 Å². The predicted octanol–water partition coefficient (Wildman–Crippen LogP) is 3.34. The normalized spacial score (nSPS) is 15.4. The van der Waals surface area contributed by atoms with Crippen LogP contribution in [0.4, 0.5) is 8.78 Å². The van der Waals surface area contributed by atoms with Gasteiger partial charge in [0.05, 0.1) is 10.9 Å². The fourth-order valence-corrected chi connectivity index (χ4v) is 4.32. The smallest absolute Gasteiger partial charge is 0.387 e. The molecule has 7 nitrogen and oxygen atoms in total. The Hall–Kier alpha value is -2.33. The van der Waals surface area contributed by atoms with Gasteiger partial charge in [0.1, 0.15) is 5.75 Å². The van der Waals surface area contributed by atoms with Gasteiger partial charge in [-0.25, -0.2) is 13.1 Å². The van der Waals surface area contributed by atoms with Gasteiger partial charge in [-0.15, -0.1) is 0 Å². The predicted molar refractivity (Wildman–Crippen MR) is 93.5 cm³/mol. The lowest BCUT2D eigenvalue weighted by atomic mass is 9.97. The van der Waals surface area contributed by atoms with E-state index in [-0.39, 0.29) is 22.9 Å². The second kappa shape index (κ2) is 7.73. The molecule has 0 radical (unpaired) electrons. The Kier molecular flexibility index (Phi) is 5.56. The highest BCUT2D eigenvalue weighted by molar-refractivity contribution is 7.93. The van der Waals surface area contributed by atoms with Gasteiger partial charge in [0, 0.05) is 6.92 Å². The number of allylic oxidation sites excluding steroid dienone is 1. The Morgan fingerprint density at radius 3 is 2.74 bits per heavy atom. The third-order valence-corrected chi connectivity index (χ3v) is 5.81. The van der Waals surface area contributed by atoms with E-state index in [1.807, 2.05) is 6.92 Å². The highest BCUT2D eigenvalue weighted by Crippen LogP contribution is 2.31. The maximum atomic E-state index is 12.8. The molecule has 0 unspecified atom stereocenters. The number of nitrogens with one attached hydrogen (secondary N) is 1. The first-order valence-corrected chi connectivity index (χ1v) is 9.87. The molecule has 10 heteroatoms. The standard InChI is InChI=1S/C17H19F2N3O4S/c1-3-15(16-20-10(2)26-21-16)22-27(23,24)14-7-5-11-8-13(25-17(18)19)6-4-12(11)9-14/h4,6,8-9,15,17,22H,3,5,7H2,1-2H3/t15-/m1/s1. The first-order chi connectivity index (χ1) is 12.8. The number of fused-ring (bicyclic) bond motifs is 1. The van der Waals surface area contributed by atoms with E-state index < -0.39 is 22.7 Å². The van der Waals surface area contributed by atoms with Gasteiger partial charge in [0.2, 0.25) is 15.9 Å². The number of halogens is 2. The molecule has 1 aliphatic rings. The monoisotopic (exact) mass is 399 g/mol. The van der Waals surface area contributed by atoms with Crippen molar-refractivity contribution in [3.05, 3.63) is 45.9 Å². The fourth-order valence-electron chi connectivity index (χ4n) is 2.87. The van der Waals surface area contributed by atoms with Gasteiger partial charge in [0.25, 0.3) is 0 Å². The van der Waals surface area contributed by atoms with Gasteiger partial charge >= 0.3 is 6.61 Å². The average molecular weight is 399 g/mol. The van der Waals surface area contributed by atoms with Crippen molar-refractivity contribution in [2.75, 3.05) is 0 Å². The number of hydrogen-bond donors (Lipinski definition) is 1. The quantitative estimate of drug-likeness (QED) is 0.767. The molecule has 1 atom stereocenters. The van der Waals surface area contributed by atoms with Gasteiger partial charge in [-0.1, -0.05) is 18.1 Å². The lowest BCUT2D eigenvalue weighted by molar-refractivity contribution is -0.0498. The summed E-state index contributed by atoms with van der Waals surface area (Å²) in [6.45, 7) is 0.542. The summed E-state index contributed by atoms with van der Waals surface area (Å²) in [6, 6.07) is 3.87. The highest BCUT2D eigenvalue weighted by atomic mass is 32.2. The third kappa shape index (κ3) is 4.51. The number of hydrogen-bond acceptors (Lipinski definition) is 6. The fraction of sp³-hybridized carbons (Fsp3) is 0.412. The molecule has 3 rings (SSSR count). The summed E-state index contributed by atoms with van der Waals surface area (Å²) in [6.07, 6.45) is 2.65. The number of alkyl halides is 2. The summed E-state index contributed by atoms with van der Waals surface area (Å²) in [5.41, 5.74) is 1.42. The molecule has 0 saturated heterocycles. The number of aromatic nitrogens is 2. The van der Waals surface area contributed by atoms with Gasteiger partial charge in [-0.2, -0.15) is 13.8 Å². The van der Waals surface area contributed by atoms with Crippen molar-refractivity contribution in [1.29, 1.82) is 0 Å². The summed E-state index contributed by atoms with van der Waals surface area (Å²) in [5.74, 6) is 0.694. The van der Waals surface area contributed by atoms with E-state index in [0.29, 0.717) is 24.3 Å². The van der Waals surface area contributed by atoms with E-state index in [1.54, 1.807) is 19.1 Å². The number of aryl methyl sites for hydroxylation is 2. The first-order valence-electron chi connectivity index (χ1n) is 8.39. The zero-order valence-corrected chi connectivity index (χ0v) is 15.6. The van der Waals surface area contributed by atoms with Gasteiger partial charge in [0.15, 0.2) is 5.82 Å². The molecule has 0 saturated carbocycles. The van der Waals surface area contributed by atoms with Crippen LogP contribution in [0.2, 0.25) is 0 Å². The zero-order valence-electron chi connectivity index (χ0n) is 14.8. The van der Waals surface area contributed by atoms with Crippen LogP contribution < -0.4 is 9.46 Å². The first kappa shape index (κ1) is 19.4. The number of sulfonamides is 1. The lowest BCUT2D eigenvalue weighted by Gasteiger charge is -2.20. The average Bonchev–Trinajstić information content (AvgIpc) is 3.05. The van der Waals surface area contributed by atoms with Crippen molar-refractivity contribution in [3.63, 3.8) is 0 Å². The molecule has 0 spiro atoms. The van der Waals surface area contributed by atoms with Gasteiger partial charge in [-0.3, -0.25) is 0 Å². The summed E-state index contributed by atoms with van der Waals surface area (Å²) < 4.78 is 62.1. The minimum absolute atomic E-state index is 0.0557. The Morgan fingerprint density at radius 2 is 2.11 bits per heavy atom. The topological polar surface area (TPSA) is 94.3 Å². The molecule has 1 aliphatic carbocycles. The summed E-state index contributed by atoms with van der Waals surface area (Å²) >= 11 is 0. The number of rotatable bonds is 7. The minimum atomic E-state index is -3.77. The molecule has 146 valence electrons. The molecule has 2 aromatic rings. The molecule has 0 amide bonds. The number of nitrogens with zero attached hydrogens (tertiary/aromatic N) is 2. The molecule has 1 heterocycles. The Morgan fingerprint density at radius 1 is 1.33 bits per heavy atom. The van der Waals surface area contributed by atoms with Crippen LogP contribution in [-0.2, 0) is 16.4 Å². The third-order valence-electron chi connectivity index (χ3n) is 4.20. The number of ether oxygens (including phenoxy) is 1. The van der Waals surface area contributed by atoms with E-state index in [1.165, 1.54) is 12.1 Å². The van der Waals surface area contributed by atoms with Crippen molar-refractivity contribution in [1.82, 2.24) is 14.9 Å². The Balaban J connectivity index is 1.82. The molecule has 27 heavy (non-hydrogen) atoms. The van der Waals surface area contributed by atoms with E-state index >= 15 is 0 Å². The van der Waals surface area contributed by atoms with Crippen molar-refractivity contribution in [2.24, 2.45) is 0 Å². The van der Waals surface area contributed by atoms with E-state index in [2.05, 4.69) is 19.6 Å². The van der Waals surface area contributed by atoms with Crippen LogP contribution in [-0.4, -0.2) is 25.2 Å². The molecule has 0 fully saturated rings.